The van der Waals surface area contributed by atoms with E-state index in [1.54, 1.807) is 6.08 Å². The Hall–Kier alpha value is -0.870. The van der Waals surface area contributed by atoms with E-state index < -0.39 is 12.1 Å². The fourth-order valence-electron chi connectivity index (χ4n) is 4.10. The third-order valence-electron chi connectivity index (χ3n) is 6.24. The molecule has 0 radical (unpaired) electrons. The van der Waals surface area contributed by atoms with Crippen LogP contribution in [-0.2, 0) is 4.79 Å². The summed E-state index contributed by atoms with van der Waals surface area (Å²) in [5.74, 6) is -0.118. The standard InChI is InChI=1S/C28H55NO3/c1-3-5-6-7-8-9-10-11-12-13-14-15-16-17-18-19-20-21-22-24-27(31)26(25-30)29-28(32)23-4-2/h22,24,26-27,30-31H,3-21,23,25H2,1-2H3,(H,29,32)/b24-22+. The van der Waals surface area contributed by atoms with Crippen molar-refractivity contribution in [2.24, 2.45) is 0 Å². The van der Waals surface area contributed by atoms with E-state index in [0.29, 0.717) is 6.42 Å². The zero-order chi connectivity index (χ0) is 23.7. The summed E-state index contributed by atoms with van der Waals surface area (Å²) in [4.78, 5) is 11.6. The van der Waals surface area contributed by atoms with Crippen molar-refractivity contribution in [3.8, 4) is 0 Å². The van der Waals surface area contributed by atoms with Crippen LogP contribution < -0.4 is 5.32 Å². The SMILES string of the molecule is CCCCCCCCCCCCCCCCCCC/C=C/C(O)C(CO)NC(=O)CCC. The van der Waals surface area contributed by atoms with Gasteiger partial charge in [-0.1, -0.05) is 129 Å². The maximum absolute atomic E-state index is 11.6. The lowest BCUT2D eigenvalue weighted by Gasteiger charge is -2.19. The molecule has 0 aliphatic rings. The quantitative estimate of drug-likeness (QED) is 0.107. The van der Waals surface area contributed by atoms with E-state index in [1.165, 1.54) is 103 Å². The van der Waals surface area contributed by atoms with Gasteiger partial charge in [-0.2, -0.15) is 0 Å². The molecule has 0 aliphatic heterocycles. The monoisotopic (exact) mass is 453 g/mol. The highest BCUT2D eigenvalue weighted by Gasteiger charge is 2.17. The van der Waals surface area contributed by atoms with Gasteiger partial charge in [0.1, 0.15) is 0 Å². The van der Waals surface area contributed by atoms with Gasteiger partial charge in [-0.3, -0.25) is 4.79 Å². The van der Waals surface area contributed by atoms with Gasteiger partial charge in [0.25, 0.3) is 0 Å². The van der Waals surface area contributed by atoms with Crippen LogP contribution in [0, 0.1) is 0 Å². The third kappa shape index (κ3) is 21.0. The average Bonchev–Trinajstić information content (AvgIpc) is 2.79. The van der Waals surface area contributed by atoms with Crippen LogP contribution in [0.4, 0.5) is 0 Å². The maximum Gasteiger partial charge on any atom is 0.220 e. The van der Waals surface area contributed by atoms with Crippen LogP contribution >= 0.6 is 0 Å². The molecule has 4 heteroatoms. The molecule has 0 aliphatic carbocycles. The zero-order valence-electron chi connectivity index (χ0n) is 21.5. The summed E-state index contributed by atoms with van der Waals surface area (Å²) in [6.07, 6.45) is 28.3. The van der Waals surface area contributed by atoms with Gasteiger partial charge >= 0.3 is 0 Å². The normalized spacial score (nSPS) is 13.5. The predicted molar refractivity (Wildman–Crippen MR) is 138 cm³/mol. The van der Waals surface area contributed by atoms with Gasteiger partial charge in [0.05, 0.1) is 18.8 Å². The van der Waals surface area contributed by atoms with Crippen molar-refractivity contribution < 1.29 is 15.0 Å². The number of carbonyl (C=O) groups is 1. The van der Waals surface area contributed by atoms with Crippen LogP contribution in [0.2, 0.25) is 0 Å². The molecule has 0 aromatic carbocycles. The third-order valence-corrected chi connectivity index (χ3v) is 6.24. The molecule has 0 rings (SSSR count). The van der Waals surface area contributed by atoms with Crippen molar-refractivity contribution in [3.05, 3.63) is 12.2 Å². The number of carbonyl (C=O) groups excluding carboxylic acids is 1. The zero-order valence-corrected chi connectivity index (χ0v) is 21.5. The van der Waals surface area contributed by atoms with E-state index in [0.717, 1.165) is 19.3 Å². The number of rotatable bonds is 24. The van der Waals surface area contributed by atoms with Crippen molar-refractivity contribution in [3.63, 3.8) is 0 Å². The van der Waals surface area contributed by atoms with E-state index in [1.807, 2.05) is 13.0 Å². The van der Waals surface area contributed by atoms with Gasteiger partial charge in [0.2, 0.25) is 5.91 Å². The summed E-state index contributed by atoms with van der Waals surface area (Å²) in [7, 11) is 0. The van der Waals surface area contributed by atoms with E-state index in [-0.39, 0.29) is 12.5 Å². The van der Waals surface area contributed by atoms with E-state index in [4.69, 9.17) is 0 Å². The Balaban J connectivity index is 3.42. The molecule has 0 fully saturated rings. The van der Waals surface area contributed by atoms with Gasteiger partial charge in [-0.25, -0.2) is 0 Å². The number of unbranched alkanes of at least 4 members (excludes halogenated alkanes) is 17. The molecule has 0 aromatic heterocycles. The molecule has 0 saturated carbocycles. The van der Waals surface area contributed by atoms with Gasteiger partial charge < -0.3 is 15.5 Å². The Labute approximate surface area is 199 Å². The van der Waals surface area contributed by atoms with E-state index >= 15 is 0 Å². The highest BCUT2D eigenvalue weighted by Crippen LogP contribution is 2.14. The first-order valence-corrected chi connectivity index (χ1v) is 13.9. The fraction of sp³-hybridized carbons (Fsp3) is 0.893. The lowest BCUT2D eigenvalue weighted by Crippen LogP contribution is -2.45. The molecule has 0 bridgehead atoms. The van der Waals surface area contributed by atoms with Crippen LogP contribution in [0.5, 0.6) is 0 Å². The molecule has 190 valence electrons. The number of amides is 1. The number of allylic oxidation sites excluding steroid dienone is 1. The van der Waals surface area contributed by atoms with Crippen molar-refractivity contribution in [1.29, 1.82) is 0 Å². The van der Waals surface area contributed by atoms with Crippen molar-refractivity contribution in [2.75, 3.05) is 6.61 Å². The minimum atomic E-state index is -0.827. The molecule has 3 N–H and O–H groups in total. The molecule has 1 amide bonds. The van der Waals surface area contributed by atoms with Crippen LogP contribution in [0.1, 0.15) is 142 Å². The van der Waals surface area contributed by atoms with E-state index in [9.17, 15) is 15.0 Å². The molecular formula is C28H55NO3. The second-order valence-electron chi connectivity index (χ2n) is 9.47. The highest BCUT2D eigenvalue weighted by atomic mass is 16.3. The molecule has 32 heavy (non-hydrogen) atoms. The summed E-state index contributed by atoms with van der Waals surface area (Å²) in [6.45, 7) is 3.96. The average molecular weight is 454 g/mol. The number of aliphatic hydroxyl groups excluding tert-OH is 2. The summed E-state index contributed by atoms with van der Waals surface area (Å²) in [6, 6.07) is -0.610. The lowest BCUT2D eigenvalue weighted by atomic mass is 10.0. The van der Waals surface area contributed by atoms with Gasteiger partial charge in [-0.05, 0) is 19.3 Å². The Bertz CT molecular complexity index is 425. The Morgan fingerprint density at radius 2 is 1.16 bits per heavy atom. The summed E-state index contributed by atoms with van der Waals surface area (Å²) in [5.41, 5.74) is 0. The van der Waals surface area contributed by atoms with Crippen LogP contribution in [0.15, 0.2) is 12.2 Å². The first-order chi connectivity index (χ1) is 15.7. The maximum atomic E-state index is 11.6. The minimum absolute atomic E-state index is 0.118. The molecule has 4 nitrogen and oxygen atoms in total. The number of hydrogen-bond donors (Lipinski definition) is 3. The Morgan fingerprint density at radius 1 is 0.719 bits per heavy atom. The Morgan fingerprint density at radius 3 is 1.56 bits per heavy atom. The van der Waals surface area contributed by atoms with Crippen LogP contribution in [-0.4, -0.2) is 34.9 Å². The molecule has 0 heterocycles. The lowest BCUT2D eigenvalue weighted by molar-refractivity contribution is -0.122. The molecule has 2 unspecified atom stereocenters. The predicted octanol–water partition coefficient (Wildman–Crippen LogP) is 7.22. The van der Waals surface area contributed by atoms with Crippen molar-refractivity contribution >= 4 is 5.91 Å². The Kier molecular flexibility index (Phi) is 24.1. The van der Waals surface area contributed by atoms with Gasteiger partial charge in [-0.15, -0.1) is 0 Å². The second kappa shape index (κ2) is 24.8. The molecular weight excluding hydrogens is 398 g/mol. The molecule has 2 atom stereocenters. The second-order valence-corrected chi connectivity index (χ2v) is 9.47. The van der Waals surface area contributed by atoms with Crippen LogP contribution in [0.25, 0.3) is 0 Å². The molecule has 0 aromatic rings. The van der Waals surface area contributed by atoms with Gasteiger partial charge in [0, 0.05) is 6.42 Å². The van der Waals surface area contributed by atoms with E-state index in [2.05, 4.69) is 12.2 Å². The molecule has 0 saturated heterocycles. The highest BCUT2D eigenvalue weighted by molar-refractivity contribution is 5.76. The molecule has 0 spiro atoms. The largest absolute Gasteiger partial charge is 0.394 e. The smallest absolute Gasteiger partial charge is 0.220 e. The first-order valence-electron chi connectivity index (χ1n) is 13.9. The fourth-order valence-corrected chi connectivity index (χ4v) is 4.10. The first kappa shape index (κ1) is 31.1. The summed E-state index contributed by atoms with van der Waals surface area (Å²) < 4.78 is 0. The number of nitrogens with one attached hydrogen (secondary N) is 1. The minimum Gasteiger partial charge on any atom is -0.394 e. The van der Waals surface area contributed by atoms with Crippen molar-refractivity contribution in [2.45, 2.75) is 154 Å². The topological polar surface area (TPSA) is 69.6 Å². The summed E-state index contributed by atoms with van der Waals surface area (Å²) >= 11 is 0. The van der Waals surface area contributed by atoms with Crippen molar-refractivity contribution in [1.82, 2.24) is 5.32 Å². The summed E-state index contributed by atoms with van der Waals surface area (Å²) in [5, 5.41) is 22.2. The number of aliphatic hydroxyl groups is 2. The number of hydrogen-bond acceptors (Lipinski definition) is 3. The van der Waals surface area contributed by atoms with Crippen LogP contribution in [0.3, 0.4) is 0 Å². The van der Waals surface area contributed by atoms with Gasteiger partial charge in [0.15, 0.2) is 0 Å².